The average molecular weight is 453 g/mol. The number of alkyl halides is 3. The smallest absolute Gasteiger partial charge is 0.361 e. The van der Waals surface area contributed by atoms with Gasteiger partial charge in [0.25, 0.3) is 0 Å². The molecule has 3 aromatic rings. The molecule has 0 unspecified atom stereocenters. The minimum atomic E-state index is -4.76. The molecule has 0 aromatic carbocycles. The monoisotopic (exact) mass is 452 g/mol. The molecule has 0 bridgehead atoms. The number of nitrogens with one attached hydrogen (secondary N) is 1. The Morgan fingerprint density at radius 3 is 2.74 bits per heavy atom. The van der Waals surface area contributed by atoms with Crippen molar-refractivity contribution in [1.82, 2.24) is 24.8 Å². The Balaban J connectivity index is 1.81. The third kappa shape index (κ3) is 3.23. The van der Waals surface area contributed by atoms with E-state index in [4.69, 9.17) is 11.6 Å². The summed E-state index contributed by atoms with van der Waals surface area (Å²) >= 11 is 5.89. The molecule has 0 saturated heterocycles. The fraction of sp³-hybridized carbons (Fsp3) is 0.278. The van der Waals surface area contributed by atoms with Crippen LogP contribution in [0.3, 0.4) is 0 Å². The van der Waals surface area contributed by atoms with E-state index < -0.39 is 24.2 Å². The van der Waals surface area contributed by atoms with Crippen LogP contribution in [0.25, 0.3) is 5.65 Å². The Labute approximate surface area is 179 Å². The van der Waals surface area contributed by atoms with E-state index in [-0.39, 0.29) is 27.9 Å². The number of nitrogens with zero attached hydrogens (tertiary/aromatic N) is 7. The second-order valence-electron chi connectivity index (χ2n) is 7.12. The van der Waals surface area contributed by atoms with Crippen LogP contribution in [-0.4, -0.2) is 57.6 Å². The van der Waals surface area contributed by atoms with Gasteiger partial charge in [-0.15, -0.1) is 11.7 Å². The molecule has 0 saturated carbocycles. The van der Waals surface area contributed by atoms with Gasteiger partial charge in [0.15, 0.2) is 16.6 Å². The summed E-state index contributed by atoms with van der Waals surface area (Å²) in [4.78, 5) is 19.7. The number of hydrogen-bond acceptors (Lipinski definition) is 6. The molecule has 9 nitrogen and oxygen atoms in total. The molecule has 1 atom stereocenters. The predicted octanol–water partition coefficient (Wildman–Crippen LogP) is 3.28. The topological polar surface area (TPSA) is 91.5 Å². The van der Waals surface area contributed by atoms with Gasteiger partial charge in [-0.2, -0.15) is 23.4 Å². The predicted molar refractivity (Wildman–Crippen MR) is 109 cm³/mol. The molecule has 0 spiro atoms. The number of urea groups is 1. The number of fused-ring (bicyclic) bond motifs is 3. The van der Waals surface area contributed by atoms with E-state index in [9.17, 15) is 18.0 Å². The summed E-state index contributed by atoms with van der Waals surface area (Å²) in [7, 11) is 3.47. The molecule has 4 heterocycles. The lowest BCUT2D eigenvalue weighted by molar-refractivity contribution is -0.172. The van der Waals surface area contributed by atoms with Crippen LogP contribution >= 0.6 is 11.6 Å². The van der Waals surface area contributed by atoms with Gasteiger partial charge in [0.1, 0.15) is 5.41 Å². The lowest BCUT2D eigenvalue weighted by atomic mass is 9.85. The van der Waals surface area contributed by atoms with Crippen LogP contribution in [0.5, 0.6) is 0 Å². The molecule has 1 aliphatic heterocycles. The van der Waals surface area contributed by atoms with Gasteiger partial charge in [-0.3, -0.25) is 4.90 Å². The lowest BCUT2D eigenvalue weighted by Crippen LogP contribution is -2.47. The molecule has 0 radical (unpaired) electrons. The first-order chi connectivity index (χ1) is 14.6. The Morgan fingerprint density at radius 2 is 2.10 bits per heavy atom. The van der Waals surface area contributed by atoms with Gasteiger partial charge in [0, 0.05) is 26.2 Å². The zero-order chi connectivity index (χ0) is 22.6. The minimum Gasteiger partial charge on any atom is -0.361 e. The van der Waals surface area contributed by atoms with E-state index in [0.29, 0.717) is 5.82 Å². The highest BCUT2D eigenvalue weighted by Crippen LogP contribution is 2.51. The first-order valence-electron chi connectivity index (χ1n) is 8.91. The summed E-state index contributed by atoms with van der Waals surface area (Å²) in [5.74, 6) is 0.463. The minimum absolute atomic E-state index is 0.0250. The molecule has 1 aliphatic rings. The van der Waals surface area contributed by atoms with E-state index >= 15 is 0 Å². The molecule has 0 aliphatic carbocycles. The van der Waals surface area contributed by atoms with Crippen LogP contribution in [0.2, 0.25) is 5.15 Å². The zero-order valence-electron chi connectivity index (χ0n) is 16.4. The van der Waals surface area contributed by atoms with E-state index in [1.54, 1.807) is 25.1 Å². The van der Waals surface area contributed by atoms with E-state index in [1.165, 1.54) is 18.5 Å². The van der Waals surface area contributed by atoms with Crippen molar-refractivity contribution in [2.24, 2.45) is 0 Å². The molecular formula is C18H16ClF3N8O. The third-order valence-electron chi connectivity index (χ3n) is 5.01. The number of carbonyl (C=O) groups excluding carboxylic acids is 1. The van der Waals surface area contributed by atoms with Crippen molar-refractivity contribution in [3.8, 4) is 0 Å². The number of rotatable bonds is 3. The summed E-state index contributed by atoms with van der Waals surface area (Å²) in [6.07, 6.45) is -1.51. The summed E-state index contributed by atoms with van der Waals surface area (Å²) in [6, 6.07) is 2.08. The Hall–Kier alpha value is -3.41. The van der Waals surface area contributed by atoms with Crippen molar-refractivity contribution in [1.29, 1.82) is 0 Å². The first kappa shape index (κ1) is 20.8. The van der Waals surface area contributed by atoms with Crippen molar-refractivity contribution < 1.29 is 18.0 Å². The molecule has 3 aromatic heterocycles. The van der Waals surface area contributed by atoms with Gasteiger partial charge >= 0.3 is 12.2 Å². The van der Waals surface area contributed by atoms with Gasteiger partial charge in [0.2, 0.25) is 0 Å². The second kappa shape index (κ2) is 7.08. The van der Waals surface area contributed by atoms with Crippen LogP contribution < -0.4 is 15.1 Å². The number of halogens is 4. The molecule has 13 heteroatoms. The van der Waals surface area contributed by atoms with Crippen molar-refractivity contribution in [3.63, 3.8) is 0 Å². The molecule has 162 valence electrons. The summed E-state index contributed by atoms with van der Waals surface area (Å²) in [6.45, 7) is 2.67. The van der Waals surface area contributed by atoms with Crippen LogP contribution in [0.1, 0.15) is 5.69 Å². The van der Waals surface area contributed by atoms with Crippen LogP contribution in [0.15, 0.2) is 37.2 Å². The standard InChI is InChI=1S/C18H16ClF3N8O/c1-4-17(18(20,21)22)9-29(11-8-23-13-6-12(19)27-30(13)15(11)17)16(31)25-10-5-14(28(2)3)26-24-7-10/h4-8H,1,9H2,2-3H3,(H,25,26,31)/t17-/m1/s1. The largest absolute Gasteiger partial charge is 0.405 e. The summed E-state index contributed by atoms with van der Waals surface area (Å²) < 4.78 is 43.9. The van der Waals surface area contributed by atoms with Gasteiger partial charge in [-0.05, 0) is 0 Å². The quantitative estimate of drug-likeness (QED) is 0.613. The molecule has 1 N–H and O–H groups in total. The fourth-order valence-corrected chi connectivity index (χ4v) is 3.61. The van der Waals surface area contributed by atoms with Crippen molar-refractivity contribution in [2.75, 3.05) is 35.8 Å². The highest BCUT2D eigenvalue weighted by atomic mass is 35.5. The van der Waals surface area contributed by atoms with E-state index in [2.05, 4.69) is 32.2 Å². The summed E-state index contributed by atoms with van der Waals surface area (Å²) in [5, 5.41) is 14.2. The molecule has 4 rings (SSSR count). The maximum Gasteiger partial charge on any atom is 0.405 e. The van der Waals surface area contributed by atoms with Crippen LogP contribution in [-0.2, 0) is 5.41 Å². The lowest BCUT2D eigenvalue weighted by Gasteiger charge is -2.29. The SMILES string of the molecule is C=C[C@@]1(C(F)(F)F)CN(C(=O)Nc2cnnc(N(C)C)c2)c2cnc3cc(Cl)nn3c21. The highest BCUT2D eigenvalue weighted by Gasteiger charge is 2.62. The van der Waals surface area contributed by atoms with E-state index in [1.807, 2.05) is 0 Å². The number of carbonyl (C=O) groups is 1. The normalized spacial score (nSPS) is 18.2. The first-order valence-corrected chi connectivity index (χ1v) is 9.29. The maximum absolute atomic E-state index is 14.3. The highest BCUT2D eigenvalue weighted by molar-refractivity contribution is 6.29. The van der Waals surface area contributed by atoms with Gasteiger partial charge in [-0.1, -0.05) is 17.7 Å². The second-order valence-corrected chi connectivity index (χ2v) is 7.50. The van der Waals surface area contributed by atoms with Gasteiger partial charge in [-0.25, -0.2) is 14.3 Å². The van der Waals surface area contributed by atoms with Crippen molar-refractivity contribution >= 4 is 40.5 Å². The number of anilines is 3. The average Bonchev–Trinajstić information content (AvgIpc) is 3.25. The van der Waals surface area contributed by atoms with E-state index in [0.717, 1.165) is 15.5 Å². The van der Waals surface area contributed by atoms with Crippen molar-refractivity contribution in [3.05, 3.63) is 48.0 Å². The molecular weight excluding hydrogens is 437 g/mol. The molecule has 0 fully saturated rings. The Bertz CT molecular complexity index is 1190. The molecule has 31 heavy (non-hydrogen) atoms. The number of aromatic nitrogens is 5. The van der Waals surface area contributed by atoms with Crippen LogP contribution in [0, 0.1) is 0 Å². The zero-order valence-corrected chi connectivity index (χ0v) is 17.1. The van der Waals surface area contributed by atoms with Gasteiger partial charge in [0.05, 0.1) is 36.0 Å². The Morgan fingerprint density at radius 1 is 1.35 bits per heavy atom. The number of hydrogen-bond donors (Lipinski definition) is 1. The Kier molecular flexibility index (Phi) is 4.76. The maximum atomic E-state index is 14.3. The fourth-order valence-electron chi connectivity index (χ4n) is 3.44. The number of amides is 2. The van der Waals surface area contributed by atoms with Gasteiger partial charge < -0.3 is 10.2 Å². The third-order valence-corrected chi connectivity index (χ3v) is 5.19. The molecule has 2 amide bonds. The van der Waals surface area contributed by atoms with Crippen molar-refractivity contribution in [2.45, 2.75) is 11.6 Å². The van der Waals surface area contributed by atoms with Crippen LogP contribution in [0.4, 0.5) is 35.2 Å². The summed E-state index contributed by atoms with van der Waals surface area (Å²) in [5.41, 5.74) is -2.53.